The lowest BCUT2D eigenvalue weighted by Crippen LogP contribution is -2.26. The Kier molecular flexibility index (Phi) is 6.91. The van der Waals surface area contributed by atoms with Gasteiger partial charge in [0.05, 0.1) is 0 Å². The van der Waals surface area contributed by atoms with Gasteiger partial charge in [-0.1, -0.05) is 24.3 Å². The van der Waals surface area contributed by atoms with Crippen molar-refractivity contribution in [2.24, 2.45) is 0 Å². The van der Waals surface area contributed by atoms with E-state index in [0.717, 1.165) is 5.56 Å². The number of rotatable bonds is 9. The molecule has 1 atom stereocenters. The minimum absolute atomic E-state index is 0.0798. The van der Waals surface area contributed by atoms with Gasteiger partial charge < -0.3 is 19.9 Å². The number of allylic oxidation sites excluding steroid dienone is 1. The summed E-state index contributed by atoms with van der Waals surface area (Å²) in [6, 6.07) is 12.8. The molecule has 0 saturated carbocycles. The van der Waals surface area contributed by atoms with Gasteiger partial charge in [0.15, 0.2) is 0 Å². The second kappa shape index (κ2) is 9.15. The number of hydrogen-bond acceptors (Lipinski definition) is 4. The molecule has 0 aliphatic rings. The molecule has 0 aliphatic carbocycles. The van der Waals surface area contributed by atoms with Gasteiger partial charge in [-0.25, -0.2) is 0 Å². The van der Waals surface area contributed by atoms with Crippen molar-refractivity contribution in [3.8, 4) is 11.5 Å². The van der Waals surface area contributed by atoms with Crippen molar-refractivity contribution in [1.82, 2.24) is 0 Å². The van der Waals surface area contributed by atoms with Crippen molar-refractivity contribution in [2.45, 2.75) is 18.9 Å². The van der Waals surface area contributed by atoms with E-state index in [1.54, 1.807) is 6.08 Å². The molecule has 0 aromatic heterocycles. The summed E-state index contributed by atoms with van der Waals surface area (Å²) < 4.78 is 45.7. The molecular weight excluding hydrogens is 347 g/mol. The molecule has 4 nitrogen and oxygen atoms in total. The quantitative estimate of drug-likeness (QED) is 0.654. The van der Waals surface area contributed by atoms with E-state index in [0.29, 0.717) is 17.9 Å². The third-order valence-electron chi connectivity index (χ3n) is 3.40. The Balaban J connectivity index is 1.80. The lowest BCUT2D eigenvalue weighted by Gasteiger charge is -2.16. The Morgan fingerprint density at radius 1 is 1.12 bits per heavy atom. The van der Waals surface area contributed by atoms with E-state index >= 15 is 0 Å². The van der Waals surface area contributed by atoms with Crippen molar-refractivity contribution in [1.29, 1.82) is 0 Å². The van der Waals surface area contributed by atoms with E-state index in [1.165, 1.54) is 24.3 Å². The van der Waals surface area contributed by atoms with Crippen molar-refractivity contribution in [2.75, 3.05) is 18.5 Å². The van der Waals surface area contributed by atoms with Gasteiger partial charge >= 0.3 is 6.36 Å². The summed E-state index contributed by atoms with van der Waals surface area (Å²) >= 11 is 0. The van der Waals surface area contributed by atoms with Gasteiger partial charge in [0.2, 0.25) is 0 Å². The molecule has 140 valence electrons. The zero-order valence-electron chi connectivity index (χ0n) is 14.0. The van der Waals surface area contributed by atoms with Gasteiger partial charge in [0.25, 0.3) is 0 Å². The first-order valence-electron chi connectivity index (χ1n) is 7.97. The monoisotopic (exact) mass is 367 g/mol. The summed E-state index contributed by atoms with van der Waals surface area (Å²) in [6.45, 7) is 3.96. The van der Waals surface area contributed by atoms with Gasteiger partial charge in [-0.05, 0) is 42.3 Å². The van der Waals surface area contributed by atoms with Crippen LogP contribution in [0.5, 0.6) is 11.5 Å². The summed E-state index contributed by atoms with van der Waals surface area (Å²) in [5, 5.41) is 12.9. The third-order valence-corrected chi connectivity index (χ3v) is 3.40. The summed E-state index contributed by atoms with van der Waals surface area (Å²) in [4.78, 5) is 0. The fourth-order valence-corrected chi connectivity index (χ4v) is 2.22. The lowest BCUT2D eigenvalue weighted by molar-refractivity contribution is -0.274. The van der Waals surface area contributed by atoms with Crippen LogP contribution in [0.25, 0.3) is 0 Å². The van der Waals surface area contributed by atoms with Gasteiger partial charge in [0.1, 0.15) is 24.2 Å². The first kappa shape index (κ1) is 19.7. The van der Waals surface area contributed by atoms with Crippen LogP contribution in [0.15, 0.2) is 61.2 Å². The normalized spacial score (nSPS) is 12.3. The Morgan fingerprint density at radius 3 is 2.46 bits per heavy atom. The molecule has 0 aliphatic heterocycles. The molecule has 0 saturated heterocycles. The van der Waals surface area contributed by atoms with Crippen LogP contribution in [0.2, 0.25) is 0 Å². The Labute approximate surface area is 149 Å². The van der Waals surface area contributed by atoms with Crippen LogP contribution in [0, 0.1) is 0 Å². The van der Waals surface area contributed by atoms with E-state index in [2.05, 4.69) is 16.6 Å². The highest BCUT2D eigenvalue weighted by atomic mass is 19.4. The molecule has 2 rings (SSSR count). The minimum atomic E-state index is -4.72. The SMILES string of the molecule is C=CCc1ccccc1OCC(O)CNc1ccc(OC(F)(F)F)cc1. The van der Waals surface area contributed by atoms with Crippen molar-refractivity contribution in [3.05, 3.63) is 66.7 Å². The number of para-hydroxylation sites is 1. The molecule has 2 aromatic rings. The number of anilines is 1. The molecule has 0 bridgehead atoms. The van der Waals surface area contributed by atoms with Crippen LogP contribution in [0.4, 0.5) is 18.9 Å². The first-order valence-corrected chi connectivity index (χ1v) is 7.97. The zero-order chi connectivity index (χ0) is 19.0. The van der Waals surface area contributed by atoms with Gasteiger partial charge in [0, 0.05) is 12.2 Å². The third kappa shape index (κ3) is 6.68. The number of hydrogen-bond donors (Lipinski definition) is 2. The summed E-state index contributed by atoms with van der Waals surface area (Å²) in [6.07, 6.45) is -3.08. The second-order valence-electron chi connectivity index (χ2n) is 5.52. The molecule has 0 spiro atoms. The Morgan fingerprint density at radius 2 is 1.81 bits per heavy atom. The molecule has 0 fully saturated rings. The number of nitrogens with one attached hydrogen (secondary N) is 1. The fraction of sp³-hybridized carbons (Fsp3) is 0.263. The van der Waals surface area contributed by atoms with Gasteiger partial charge in [-0.3, -0.25) is 0 Å². The molecule has 2 N–H and O–H groups in total. The van der Waals surface area contributed by atoms with E-state index < -0.39 is 12.5 Å². The topological polar surface area (TPSA) is 50.7 Å². The standard InChI is InChI=1S/C19H20F3NO3/c1-2-5-14-6-3-4-7-18(14)25-13-16(24)12-23-15-8-10-17(11-9-15)26-19(20,21)22/h2-4,6-11,16,23-24H,1,5,12-13H2. The van der Waals surface area contributed by atoms with Gasteiger partial charge in [-0.15, -0.1) is 19.8 Å². The molecule has 2 aromatic carbocycles. The number of ether oxygens (including phenoxy) is 2. The maximum Gasteiger partial charge on any atom is 0.573 e. The number of benzene rings is 2. The Bertz CT molecular complexity index is 702. The molecule has 0 amide bonds. The lowest BCUT2D eigenvalue weighted by atomic mass is 10.1. The number of aliphatic hydroxyl groups excluding tert-OH is 1. The van der Waals surface area contributed by atoms with Crippen molar-refractivity contribution < 1.29 is 27.8 Å². The second-order valence-corrected chi connectivity index (χ2v) is 5.52. The smallest absolute Gasteiger partial charge is 0.491 e. The maximum atomic E-state index is 12.1. The van der Waals surface area contributed by atoms with E-state index in [9.17, 15) is 18.3 Å². The van der Waals surface area contributed by atoms with Crippen molar-refractivity contribution >= 4 is 5.69 Å². The highest BCUT2D eigenvalue weighted by molar-refractivity contribution is 5.46. The first-order chi connectivity index (χ1) is 12.4. The predicted octanol–water partition coefficient (Wildman–Crippen LogP) is 4.17. The molecule has 1 unspecified atom stereocenters. The average Bonchev–Trinajstić information content (AvgIpc) is 2.59. The van der Waals surface area contributed by atoms with E-state index in [4.69, 9.17) is 4.74 Å². The average molecular weight is 367 g/mol. The maximum absolute atomic E-state index is 12.1. The number of halogens is 3. The van der Waals surface area contributed by atoms with Crippen molar-refractivity contribution in [3.63, 3.8) is 0 Å². The molecule has 0 radical (unpaired) electrons. The zero-order valence-corrected chi connectivity index (χ0v) is 14.0. The largest absolute Gasteiger partial charge is 0.573 e. The van der Waals surface area contributed by atoms with Crippen LogP contribution >= 0.6 is 0 Å². The van der Waals surface area contributed by atoms with Crippen LogP contribution in [-0.4, -0.2) is 30.7 Å². The fourth-order valence-electron chi connectivity index (χ4n) is 2.22. The van der Waals surface area contributed by atoms with Crippen LogP contribution in [0.1, 0.15) is 5.56 Å². The van der Waals surface area contributed by atoms with E-state index in [1.807, 2.05) is 24.3 Å². The van der Waals surface area contributed by atoms with Crippen LogP contribution in [-0.2, 0) is 6.42 Å². The molecule has 26 heavy (non-hydrogen) atoms. The van der Waals surface area contributed by atoms with Gasteiger partial charge in [-0.2, -0.15) is 0 Å². The highest BCUT2D eigenvalue weighted by Gasteiger charge is 2.30. The number of alkyl halides is 3. The molecular formula is C19H20F3NO3. The predicted molar refractivity (Wildman–Crippen MR) is 93.5 cm³/mol. The number of aliphatic hydroxyl groups is 1. The summed E-state index contributed by atoms with van der Waals surface area (Å²) in [5.74, 6) is 0.380. The van der Waals surface area contributed by atoms with Crippen LogP contribution in [0.3, 0.4) is 0 Å². The highest BCUT2D eigenvalue weighted by Crippen LogP contribution is 2.24. The molecule has 7 heteroatoms. The van der Waals surface area contributed by atoms with E-state index in [-0.39, 0.29) is 18.9 Å². The molecule has 0 heterocycles. The Hall–Kier alpha value is -2.67. The summed E-state index contributed by atoms with van der Waals surface area (Å²) in [5.41, 5.74) is 1.54. The summed E-state index contributed by atoms with van der Waals surface area (Å²) in [7, 11) is 0. The van der Waals surface area contributed by atoms with Crippen LogP contribution < -0.4 is 14.8 Å². The minimum Gasteiger partial charge on any atom is -0.491 e.